The highest BCUT2D eigenvalue weighted by Gasteiger charge is 2.23. The van der Waals surface area contributed by atoms with Crippen molar-refractivity contribution < 1.29 is 9.53 Å². The zero-order valence-corrected chi connectivity index (χ0v) is 16.2. The van der Waals surface area contributed by atoms with Gasteiger partial charge in [0.15, 0.2) is 5.78 Å². The van der Waals surface area contributed by atoms with Crippen molar-refractivity contribution in [3.8, 4) is 16.9 Å². The average molecular weight is 339 g/mol. The Morgan fingerprint density at radius 1 is 1.08 bits per heavy atom. The van der Waals surface area contributed by atoms with Crippen molar-refractivity contribution in [3.05, 3.63) is 53.6 Å². The second kappa shape index (κ2) is 7.83. The lowest BCUT2D eigenvalue weighted by molar-refractivity contribution is -0.128. The molecule has 0 aliphatic heterocycles. The summed E-state index contributed by atoms with van der Waals surface area (Å²) in [6, 6.07) is 14.5. The predicted molar refractivity (Wildman–Crippen MR) is 104 cm³/mol. The number of ketones is 1. The molecule has 0 atom stereocenters. The molecule has 134 valence electrons. The van der Waals surface area contributed by atoms with Crippen LogP contribution in [0.2, 0.25) is 0 Å². The van der Waals surface area contributed by atoms with Crippen molar-refractivity contribution in [3.63, 3.8) is 0 Å². The lowest BCUT2D eigenvalue weighted by atomic mass is 9.91. The second-order valence-electron chi connectivity index (χ2n) is 7.87. The number of hydrogen-bond acceptors (Lipinski definition) is 3. The fraction of sp³-hybridized carbons (Fsp3) is 0.409. The Morgan fingerprint density at radius 3 is 2.28 bits per heavy atom. The van der Waals surface area contributed by atoms with Gasteiger partial charge in [-0.3, -0.25) is 4.79 Å². The Balaban J connectivity index is 2.47. The van der Waals surface area contributed by atoms with Crippen molar-refractivity contribution in [1.29, 1.82) is 0 Å². The number of hydrogen-bond donors (Lipinski definition) is 0. The van der Waals surface area contributed by atoms with Crippen LogP contribution in [-0.2, 0) is 11.3 Å². The molecule has 0 radical (unpaired) electrons. The Hall–Kier alpha value is -2.13. The number of nitrogens with zero attached hydrogens (tertiary/aromatic N) is 1. The molecule has 2 aromatic rings. The van der Waals surface area contributed by atoms with Crippen LogP contribution >= 0.6 is 0 Å². The van der Waals surface area contributed by atoms with Gasteiger partial charge in [-0.25, -0.2) is 0 Å². The van der Waals surface area contributed by atoms with Gasteiger partial charge in [-0.05, 0) is 38.2 Å². The molecule has 3 heteroatoms. The zero-order chi connectivity index (χ0) is 18.6. The van der Waals surface area contributed by atoms with E-state index in [-0.39, 0.29) is 12.4 Å². The monoisotopic (exact) mass is 339 g/mol. The van der Waals surface area contributed by atoms with E-state index in [2.05, 4.69) is 36.1 Å². The number of Topliss-reactive ketones (excluding diaryl/α,β-unsaturated/α-hetero) is 1. The van der Waals surface area contributed by atoms with Crippen LogP contribution in [0.25, 0.3) is 11.1 Å². The van der Waals surface area contributed by atoms with Crippen LogP contribution in [0, 0.1) is 12.3 Å². The van der Waals surface area contributed by atoms with Gasteiger partial charge in [0.05, 0.1) is 0 Å². The Bertz CT molecular complexity index is 728. The lowest BCUT2D eigenvalue weighted by Crippen LogP contribution is -2.26. The fourth-order valence-electron chi connectivity index (χ4n) is 2.66. The van der Waals surface area contributed by atoms with Crippen molar-refractivity contribution in [2.24, 2.45) is 5.41 Å². The van der Waals surface area contributed by atoms with E-state index < -0.39 is 5.41 Å². The molecule has 0 unspecified atom stereocenters. The van der Waals surface area contributed by atoms with Crippen LogP contribution in [0.5, 0.6) is 5.75 Å². The summed E-state index contributed by atoms with van der Waals surface area (Å²) >= 11 is 0. The molecule has 0 spiro atoms. The van der Waals surface area contributed by atoms with Gasteiger partial charge < -0.3 is 9.64 Å². The molecule has 0 N–H and O–H groups in total. The molecule has 0 aliphatic rings. The van der Waals surface area contributed by atoms with E-state index in [4.69, 9.17) is 4.74 Å². The summed E-state index contributed by atoms with van der Waals surface area (Å²) in [5.41, 5.74) is 4.03. The highest BCUT2D eigenvalue weighted by molar-refractivity contribution is 5.85. The summed E-state index contributed by atoms with van der Waals surface area (Å²) in [5, 5.41) is 0. The molecule has 0 saturated carbocycles. The number of aryl methyl sites for hydroxylation is 1. The molecular formula is C22H29NO2. The number of carbonyl (C=O) groups excluding carboxylic acids is 1. The predicted octanol–water partition coefficient (Wildman–Crippen LogP) is 4.72. The molecule has 3 nitrogen and oxygen atoms in total. The standard InChI is InChI=1S/C22H29NO2/c1-16-12-18(14-23(5)6)21(25-15-20(24)22(2,3)4)19(13-16)17-10-8-7-9-11-17/h7-13H,14-15H2,1-6H3. The van der Waals surface area contributed by atoms with Crippen molar-refractivity contribution in [1.82, 2.24) is 4.90 Å². The number of ether oxygens (including phenoxy) is 1. The van der Waals surface area contributed by atoms with E-state index in [9.17, 15) is 4.79 Å². The Kier molecular flexibility index (Phi) is 6.02. The normalized spacial score (nSPS) is 11.6. The highest BCUT2D eigenvalue weighted by Crippen LogP contribution is 2.35. The molecule has 0 saturated heterocycles. The maximum atomic E-state index is 12.4. The van der Waals surface area contributed by atoms with Crippen LogP contribution in [0.3, 0.4) is 0 Å². The molecular weight excluding hydrogens is 310 g/mol. The summed E-state index contributed by atoms with van der Waals surface area (Å²) in [7, 11) is 4.07. The van der Waals surface area contributed by atoms with Gasteiger partial charge in [0, 0.05) is 23.1 Å². The van der Waals surface area contributed by atoms with E-state index in [0.717, 1.165) is 29.0 Å². The maximum absolute atomic E-state index is 12.4. The van der Waals surface area contributed by atoms with Crippen LogP contribution < -0.4 is 4.74 Å². The first-order valence-electron chi connectivity index (χ1n) is 8.68. The van der Waals surface area contributed by atoms with E-state index in [1.165, 1.54) is 5.56 Å². The van der Waals surface area contributed by atoms with Gasteiger partial charge >= 0.3 is 0 Å². The van der Waals surface area contributed by atoms with Gasteiger partial charge in [-0.2, -0.15) is 0 Å². The number of carbonyl (C=O) groups is 1. The van der Waals surface area contributed by atoms with Crippen LogP contribution in [0.1, 0.15) is 31.9 Å². The molecule has 0 amide bonds. The highest BCUT2D eigenvalue weighted by atomic mass is 16.5. The summed E-state index contributed by atoms with van der Waals surface area (Å²) in [6.45, 7) is 8.72. The first-order chi connectivity index (χ1) is 11.7. The third kappa shape index (κ3) is 5.17. The Morgan fingerprint density at radius 2 is 1.72 bits per heavy atom. The van der Waals surface area contributed by atoms with Crippen molar-refractivity contribution in [2.45, 2.75) is 34.2 Å². The first-order valence-corrected chi connectivity index (χ1v) is 8.68. The van der Waals surface area contributed by atoms with E-state index >= 15 is 0 Å². The molecule has 2 rings (SSSR count). The van der Waals surface area contributed by atoms with Gasteiger partial charge in [-0.15, -0.1) is 0 Å². The molecule has 0 bridgehead atoms. The van der Waals surface area contributed by atoms with Gasteiger partial charge in [0.25, 0.3) is 0 Å². The summed E-state index contributed by atoms with van der Waals surface area (Å²) in [5.74, 6) is 0.908. The molecule has 0 aromatic heterocycles. The number of benzene rings is 2. The maximum Gasteiger partial charge on any atom is 0.175 e. The lowest BCUT2D eigenvalue weighted by Gasteiger charge is -2.22. The smallest absolute Gasteiger partial charge is 0.175 e. The zero-order valence-electron chi connectivity index (χ0n) is 16.2. The first kappa shape index (κ1) is 19.2. The molecule has 0 aliphatic carbocycles. The third-order valence-electron chi connectivity index (χ3n) is 4.07. The second-order valence-corrected chi connectivity index (χ2v) is 7.87. The minimum atomic E-state index is -0.403. The van der Waals surface area contributed by atoms with Crippen LogP contribution in [0.4, 0.5) is 0 Å². The van der Waals surface area contributed by atoms with Crippen LogP contribution in [-0.4, -0.2) is 31.4 Å². The fourth-order valence-corrected chi connectivity index (χ4v) is 2.66. The van der Waals surface area contributed by atoms with Crippen LogP contribution in [0.15, 0.2) is 42.5 Å². The van der Waals surface area contributed by atoms with E-state index in [0.29, 0.717) is 0 Å². The topological polar surface area (TPSA) is 29.5 Å². The van der Waals surface area contributed by atoms with Gasteiger partial charge in [0.2, 0.25) is 0 Å². The summed E-state index contributed by atoms with van der Waals surface area (Å²) in [6.07, 6.45) is 0. The van der Waals surface area contributed by atoms with Crippen molar-refractivity contribution in [2.75, 3.05) is 20.7 Å². The quantitative estimate of drug-likeness (QED) is 0.763. The summed E-state index contributed by atoms with van der Waals surface area (Å²) in [4.78, 5) is 14.5. The summed E-state index contributed by atoms with van der Waals surface area (Å²) < 4.78 is 6.09. The van der Waals surface area contributed by atoms with Gasteiger partial charge in [-0.1, -0.05) is 57.2 Å². The Labute approximate surface area is 151 Å². The van der Waals surface area contributed by atoms with E-state index in [1.54, 1.807) is 0 Å². The van der Waals surface area contributed by atoms with Crippen molar-refractivity contribution >= 4 is 5.78 Å². The molecule has 25 heavy (non-hydrogen) atoms. The molecule has 0 fully saturated rings. The SMILES string of the molecule is Cc1cc(CN(C)C)c(OCC(=O)C(C)(C)C)c(-c2ccccc2)c1. The molecule has 0 heterocycles. The molecule has 2 aromatic carbocycles. The van der Waals surface area contributed by atoms with Gasteiger partial charge in [0.1, 0.15) is 12.4 Å². The largest absolute Gasteiger partial charge is 0.485 e. The minimum Gasteiger partial charge on any atom is -0.485 e. The average Bonchev–Trinajstić information content (AvgIpc) is 2.52. The number of rotatable bonds is 6. The van der Waals surface area contributed by atoms with E-state index in [1.807, 2.05) is 53.1 Å². The third-order valence-corrected chi connectivity index (χ3v) is 4.07. The minimum absolute atomic E-state index is 0.0901.